The van der Waals surface area contributed by atoms with E-state index in [1.54, 1.807) is 6.92 Å². The molecule has 0 unspecified atom stereocenters. The van der Waals surface area contributed by atoms with Gasteiger partial charge in [-0.15, -0.1) is 0 Å². The highest BCUT2D eigenvalue weighted by Crippen LogP contribution is 2.52. The second kappa shape index (κ2) is 6.68. The molecule has 4 rings (SSSR count). The highest BCUT2D eigenvalue weighted by molar-refractivity contribution is 5.58. The summed E-state index contributed by atoms with van der Waals surface area (Å²) in [7, 11) is 0. The van der Waals surface area contributed by atoms with Gasteiger partial charge >= 0.3 is 0 Å². The maximum Gasteiger partial charge on any atom is 0.229 e. The minimum atomic E-state index is -1.39. The Bertz CT molecular complexity index is 689. The Balaban J connectivity index is 1.69. The van der Waals surface area contributed by atoms with E-state index in [0.29, 0.717) is 5.92 Å². The Hall–Kier alpha value is -1.34. The fourth-order valence-electron chi connectivity index (χ4n) is 4.82. The van der Waals surface area contributed by atoms with Crippen molar-refractivity contribution in [2.75, 3.05) is 0 Å². The fraction of sp³-hybridized carbons (Fsp3) is 0.700. The van der Waals surface area contributed by atoms with Crippen LogP contribution in [-0.2, 0) is 11.2 Å². The number of aromatic hydroxyl groups is 1. The van der Waals surface area contributed by atoms with Gasteiger partial charge in [0, 0.05) is 5.56 Å². The predicted molar refractivity (Wildman–Crippen MR) is 94.4 cm³/mol. The number of hydrogen-bond donors (Lipinski definition) is 4. The number of hydrogen-bond acceptors (Lipinski definition) is 6. The van der Waals surface area contributed by atoms with Gasteiger partial charge in [0.05, 0.1) is 6.10 Å². The molecule has 26 heavy (non-hydrogen) atoms. The molecule has 1 aromatic rings. The second-order valence-electron chi connectivity index (χ2n) is 8.08. The Labute approximate surface area is 153 Å². The number of aryl methyl sites for hydroxylation is 1. The Morgan fingerprint density at radius 1 is 1.00 bits per heavy atom. The lowest BCUT2D eigenvalue weighted by molar-refractivity contribution is -0.268. The van der Waals surface area contributed by atoms with Crippen LogP contribution in [0, 0.1) is 0 Å². The van der Waals surface area contributed by atoms with E-state index in [-0.39, 0.29) is 17.4 Å². The summed E-state index contributed by atoms with van der Waals surface area (Å²) in [5, 5.41) is 40.9. The summed E-state index contributed by atoms with van der Waals surface area (Å²) < 4.78 is 11.3. The summed E-state index contributed by atoms with van der Waals surface area (Å²) in [5.74, 6) is 1.17. The lowest BCUT2D eigenvalue weighted by Gasteiger charge is -2.40. The van der Waals surface area contributed by atoms with Crippen LogP contribution in [0.2, 0.25) is 0 Å². The van der Waals surface area contributed by atoms with E-state index < -0.39 is 30.7 Å². The van der Waals surface area contributed by atoms with E-state index in [1.807, 2.05) is 6.07 Å². The molecular weight excluding hydrogens is 336 g/mol. The second-order valence-corrected chi connectivity index (χ2v) is 8.08. The smallest absolute Gasteiger partial charge is 0.229 e. The molecule has 1 fully saturated rings. The van der Waals surface area contributed by atoms with Gasteiger partial charge in [0.25, 0.3) is 0 Å². The van der Waals surface area contributed by atoms with E-state index in [0.717, 1.165) is 31.2 Å². The predicted octanol–water partition coefficient (Wildman–Crippen LogP) is 1.92. The molecule has 7 atom stereocenters. The molecule has 1 aromatic carbocycles. The molecule has 3 aliphatic rings. The number of rotatable bonds is 2. The molecule has 144 valence electrons. The summed E-state index contributed by atoms with van der Waals surface area (Å²) in [5.41, 5.74) is 3.45. The molecule has 0 saturated carbocycles. The molecule has 0 amide bonds. The van der Waals surface area contributed by atoms with Crippen LogP contribution in [-0.4, -0.2) is 51.1 Å². The molecule has 6 nitrogen and oxygen atoms in total. The summed E-state index contributed by atoms with van der Waals surface area (Å²) in [6.07, 6.45) is -0.303. The van der Waals surface area contributed by atoms with Crippen molar-refractivity contribution < 1.29 is 29.9 Å². The highest BCUT2D eigenvalue weighted by Gasteiger charge is 2.44. The normalized spacial score (nSPS) is 39.3. The third kappa shape index (κ3) is 2.80. The molecule has 0 bridgehead atoms. The third-order valence-electron chi connectivity index (χ3n) is 6.33. The molecular formula is C20H28O6. The van der Waals surface area contributed by atoms with Crippen LogP contribution >= 0.6 is 0 Å². The van der Waals surface area contributed by atoms with Gasteiger partial charge in [-0.25, -0.2) is 0 Å². The van der Waals surface area contributed by atoms with Crippen molar-refractivity contribution in [2.24, 2.45) is 0 Å². The van der Waals surface area contributed by atoms with Crippen LogP contribution in [0.1, 0.15) is 68.1 Å². The number of ether oxygens (including phenoxy) is 2. The van der Waals surface area contributed by atoms with Crippen LogP contribution < -0.4 is 4.74 Å². The maximum absolute atomic E-state index is 10.9. The highest BCUT2D eigenvalue weighted by atomic mass is 16.7. The molecule has 4 N–H and O–H groups in total. The maximum atomic E-state index is 10.9. The summed E-state index contributed by atoms with van der Waals surface area (Å²) in [6.45, 7) is 3.73. The zero-order valence-corrected chi connectivity index (χ0v) is 15.3. The van der Waals surface area contributed by atoms with Crippen LogP contribution in [0.3, 0.4) is 0 Å². The van der Waals surface area contributed by atoms with Gasteiger partial charge in [-0.3, -0.25) is 0 Å². The zero-order valence-electron chi connectivity index (χ0n) is 15.3. The molecule has 0 radical (unpaired) electrons. The number of aliphatic hydroxyl groups excluding tert-OH is 3. The molecule has 2 aliphatic carbocycles. The third-order valence-corrected chi connectivity index (χ3v) is 6.33. The van der Waals surface area contributed by atoms with Crippen molar-refractivity contribution in [3.63, 3.8) is 0 Å². The van der Waals surface area contributed by atoms with E-state index in [4.69, 9.17) is 9.47 Å². The average Bonchev–Trinajstić information content (AvgIpc) is 2.63. The number of phenols is 1. The van der Waals surface area contributed by atoms with E-state index >= 15 is 0 Å². The largest absolute Gasteiger partial charge is 0.504 e. The SMILES string of the molecule is C[C@@H]1CC[C@@H]2CCCc3cc(O[C@@H]4O[C@@H](C)[C@@H](O)[C@@H](O)[C@@H]4O)c(O)c1c32. The van der Waals surface area contributed by atoms with Gasteiger partial charge in [0.15, 0.2) is 11.5 Å². The number of benzene rings is 1. The first kappa shape index (κ1) is 18.0. The van der Waals surface area contributed by atoms with Gasteiger partial charge in [-0.05, 0) is 68.1 Å². The monoisotopic (exact) mass is 364 g/mol. The number of phenolic OH excluding ortho intramolecular Hbond substituents is 1. The zero-order chi connectivity index (χ0) is 18.6. The van der Waals surface area contributed by atoms with Crippen molar-refractivity contribution in [1.82, 2.24) is 0 Å². The van der Waals surface area contributed by atoms with Gasteiger partial charge < -0.3 is 29.9 Å². The van der Waals surface area contributed by atoms with Crippen molar-refractivity contribution >= 4 is 0 Å². The molecule has 0 spiro atoms. The summed E-state index contributed by atoms with van der Waals surface area (Å²) in [4.78, 5) is 0. The van der Waals surface area contributed by atoms with Gasteiger partial charge in [0.1, 0.15) is 18.3 Å². The van der Waals surface area contributed by atoms with Crippen molar-refractivity contribution in [2.45, 2.75) is 88.5 Å². The van der Waals surface area contributed by atoms with E-state index in [1.165, 1.54) is 17.5 Å². The molecule has 1 saturated heterocycles. The molecule has 0 aromatic heterocycles. The van der Waals surface area contributed by atoms with Crippen molar-refractivity contribution in [3.8, 4) is 11.5 Å². The first-order valence-electron chi connectivity index (χ1n) is 9.63. The van der Waals surface area contributed by atoms with Gasteiger partial charge in [-0.1, -0.05) is 6.92 Å². The summed E-state index contributed by atoms with van der Waals surface area (Å²) >= 11 is 0. The Kier molecular flexibility index (Phi) is 4.63. The first-order chi connectivity index (χ1) is 12.4. The minimum absolute atomic E-state index is 0.118. The lowest BCUT2D eigenvalue weighted by Crippen LogP contribution is -2.58. The topological polar surface area (TPSA) is 99.4 Å². The lowest BCUT2D eigenvalue weighted by atomic mass is 9.70. The van der Waals surface area contributed by atoms with Crippen molar-refractivity contribution in [1.29, 1.82) is 0 Å². The van der Waals surface area contributed by atoms with Crippen LogP contribution in [0.25, 0.3) is 0 Å². The van der Waals surface area contributed by atoms with Gasteiger partial charge in [0.2, 0.25) is 6.29 Å². The minimum Gasteiger partial charge on any atom is -0.504 e. The quantitative estimate of drug-likeness (QED) is 0.640. The molecule has 1 heterocycles. The summed E-state index contributed by atoms with van der Waals surface area (Å²) in [6, 6.07) is 1.86. The number of aliphatic hydroxyl groups is 3. The van der Waals surface area contributed by atoms with Gasteiger partial charge in [-0.2, -0.15) is 0 Å². The average molecular weight is 364 g/mol. The van der Waals surface area contributed by atoms with Crippen LogP contribution in [0.5, 0.6) is 11.5 Å². The first-order valence-corrected chi connectivity index (χ1v) is 9.63. The molecule has 6 heteroatoms. The van der Waals surface area contributed by atoms with Crippen molar-refractivity contribution in [3.05, 3.63) is 22.8 Å². The Morgan fingerprint density at radius 2 is 1.77 bits per heavy atom. The van der Waals surface area contributed by atoms with Crippen LogP contribution in [0.15, 0.2) is 6.07 Å². The molecule has 1 aliphatic heterocycles. The standard InChI is InChI=1S/C20H28O6/c1-9-6-7-11-4-3-5-12-8-13(17(22)14(9)15(11)12)26-20-19(24)18(23)16(21)10(2)25-20/h8-11,16,18-24H,3-7H2,1-2H3/t9-,10+,11+,16-,18-,19+,20+/m1/s1. The van der Waals surface area contributed by atoms with E-state index in [9.17, 15) is 20.4 Å². The Morgan fingerprint density at radius 3 is 2.54 bits per heavy atom. The van der Waals surface area contributed by atoms with E-state index in [2.05, 4.69) is 6.92 Å². The van der Waals surface area contributed by atoms with Crippen LogP contribution in [0.4, 0.5) is 0 Å². The fourth-order valence-corrected chi connectivity index (χ4v) is 4.82.